The monoisotopic (exact) mass is 400 g/mol. The molecule has 0 unspecified atom stereocenters. The molecule has 1 aliphatic rings. The lowest BCUT2D eigenvalue weighted by molar-refractivity contribution is -0.114. The van der Waals surface area contributed by atoms with E-state index in [1.165, 1.54) is 0 Å². The number of rotatable bonds is 9. The van der Waals surface area contributed by atoms with Crippen molar-refractivity contribution in [2.24, 2.45) is 4.99 Å². The molecule has 0 aromatic heterocycles. The number of hydrogen-bond donors (Lipinski definition) is 2. The van der Waals surface area contributed by atoms with Crippen LogP contribution < -0.4 is 10.6 Å². The number of hydrogen-bond acceptors (Lipinski definition) is 4. The van der Waals surface area contributed by atoms with Crippen LogP contribution >= 0.6 is 0 Å². The minimum atomic E-state index is -0.175. The molecule has 7 nitrogen and oxygen atoms in total. The Labute approximate surface area is 173 Å². The van der Waals surface area contributed by atoms with Crippen molar-refractivity contribution >= 4 is 17.6 Å². The fraction of sp³-hybridized carbons (Fsp3) is 0.545. The van der Waals surface area contributed by atoms with Crippen molar-refractivity contribution in [3.63, 3.8) is 0 Å². The highest BCUT2D eigenvalue weighted by molar-refractivity contribution is 5.94. The van der Waals surface area contributed by atoms with Gasteiger partial charge in [0.05, 0.1) is 6.10 Å². The van der Waals surface area contributed by atoms with Crippen molar-refractivity contribution in [2.75, 3.05) is 51.8 Å². The first-order valence-corrected chi connectivity index (χ1v) is 10.2. The molecule has 1 heterocycles. The summed E-state index contributed by atoms with van der Waals surface area (Å²) in [6.07, 6.45) is 8.49. The van der Waals surface area contributed by atoms with Gasteiger partial charge in [0, 0.05) is 51.2 Å². The molecule has 1 fully saturated rings. The van der Waals surface area contributed by atoms with Crippen LogP contribution in [0.4, 0.5) is 5.69 Å². The standard InChI is InChI=1S/C22H32N4O3/c1-4-18-8-6-9-19(16-18)25-21(27)17-24-22(23-5-2)26-12-10-20(11-13-26)29-15-7-14-28-3/h1,6,8-9,16,20H,5,7,10-15,17H2,2-3H3,(H,23,24)(H,25,27). The van der Waals surface area contributed by atoms with Gasteiger partial charge in [0.15, 0.2) is 5.96 Å². The molecule has 1 aromatic rings. The second-order valence-electron chi connectivity index (χ2n) is 6.85. The maximum absolute atomic E-state index is 12.3. The molecule has 158 valence electrons. The summed E-state index contributed by atoms with van der Waals surface area (Å²) >= 11 is 0. The zero-order valence-electron chi connectivity index (χ0n) is 17.4. The van der Waals surface area contributed by atoms with Crippen LogP contribution in [0.1, 0.15) is 31.7 Å². The van der Waals surface area contributed by atoms with Crippen LogP contribution in [0.25, 0.3) is 0 Å². The van der Waals surface area contributed by atoms with E-state index in [1.807, 2.05) is 25.1 Å². The first-order valence-electron chi connectivity index (χ1n) is 10.2. The highest BCUT2D eigenvalue weighted by Gasteiger charge is 2.22. The maximum Gasteiger partial charge on any atom is 0.246 e. The Hall–Kier alpha value is -2.56. The molecule has 0 bridgehead atoms. The molecular formula is C22H32N4O3. The largest absolute Gasteiger partial charge is 0.385 e. The Morgan fingerprint density at radius 3 is 2.83 bits per heavy atom. The summed E-state index contributed by atoms with van der Waals surface area (Å²) in [5.74, 6) is 3.15. The van der Waals surface area contributed by atoms with Crippen LogP contribution in [-0.4, -0.2) is 69.4 Å². The lowest BCUT2D eigenvalue weighted by Crippen LogP contribution is -2.47. The Balaban J connectivity index is 1.83. The molecule has 2 N–H and O–H groups in total. The molecule has 1 aromatic carbocycles. The smallest absolute Gasteiger partial charge is 0.246 e. The lowest BCUT2D eigenvalue weighted by atomic mass is 10.1. The summed E-state index contributed by atoms with van der Waals surface area (Å²) in [6.45, 7) is 5.98. The molecular weight excluding hydrogens is 368 g/mol. The average Bonchev–Trinajstić information content (AvgIpc) is 2.75. The Morgan fingerprint density at radius 2 is 2.14 bits per heavy atom. The van der Waals surface area contributed by atoms with Gasteiger partial charge in [-0.05, 0) is 44.4 Å². The quantitative estimate of drug-likeness (QED) is 0.287. The predicted molar refractivity (Wildman–Crippen MR) is 116 cm³/mol. The van der Waals surface area contributed by atoms with Crippen LogP contribution in [0.15, 0.2) is 29.3 Å². The highest BCUT2D eigenvalue weighted by atomic mass is 16.5. The molecule has 0 atom stereocenters. The van der Waals surface area contributed by atoms with Gasteiger partial charge >= 0.3 is 0 Å². The van der Waals surface area contributed by atoms with Gasteiger partial charge in [-0.1, -0.05) is 12.0 Å². The first-order chi connectivity index (χ1) is 14.2. The van der Waals surface area contributed by atoms with Crippen LogP contribution in [0.3, 0.4) is 0 Å². The topological polar surface area (TPSA) is 75.2 Å². The number of piperidine rings is 1. The maximum atomic E-state index is 12.3. The normalized spacial score (nSPS) is 15.1. The third kappa shape index (κ3) is 8.14. The number of anilines is 1. The number of benzene rings is 1. The van der Waals surface area contributed by atoms with Gasteiger partial charge in [0.1, 0.15) is 6.54 Å². The fourth-order valence-corrected chi connectivity index (χ4v) is 3.15. The molecule has 1 amide bonds. The van der Waals surface area contributed by atoms with E-state index < -0.39 is 0 Å². The van der Waals surface area contributed by atoms with E-state index >= 15 is 0 Å². The van der Waals surface area contributed by atoms with Gasteiger partial charge in [-0.3, -0.25) is 4.79 Å². The summed E-state index contributed by atoms with van der Waals surface area (Å²) < 4.78 is 11.0. The van der Waals surface area contributed by atoms with Crippen molar-refractivity contribution in [3.05, 3.63) is 29.8 Å². The summed E-state index contributed by atoms with van der Waals surface area (Å²) in [5, 5.41) is 6.12. The number of carbonyl (C=O) groups is 1. The van der Waals surface area contributed by atoms with E-state index in [0.717, 1.165) is 63.6 Å². The third-order valence-electron chi connectivity index (χ3n) is 4.61. The summed E-state index contributed by atoms with van der Waals surface area (Å²) in [7, 11) is 1.70. The predicted octanol–water partition coefficient (Wildman–Crippen LogP) is 2.09. The molecule has 0 saturated carbocycles. The molecule has 7 heteroatoms. The van der Waals surface area contributed by atoms with E-state index in [2.05, 4.69) is 26.4 Å². The number of terminal acetylenes is 1. The average molecular weight is 401 g/mol. The minimum Gasteiger partial charge on any atom is -0.385 e. The fourth-order valence-electron chi connectivity index (χ4n) is 3.15. The summed E-state index contributed by atoms with van der Waals surface area (Å²) in [6, 6.07) is 7.22. The zero-order chi connectivity index (χ0) is 20.9. The number of aliphatic imine (C=N–C) groups is 1. The molecule has 2 rings (SSSR count). The highest BCUT2D eigenvalue weighted by Crippen LogP contribution is 2.14. The van der Waals surface area contributed by atoms with Gasteiger partial charge in [-0.15, -0.1) is 6.42 Å². The number of guanidine groups is 1. The van der Waals surface area contributed by atoms with E-state index in [0.29, 0.717) is 5.69 Å². The van der Waals surface area contributed by atoms with Gasteiger partial charge < -0.3 is 25.0 Å². The second kappa shape index (κ2) is 12.8. The number of carbonyl (C=O) groups excluding carboxylic acids is 1. The van der Waals surface area contributed by atoms with Crippen LogP contribution in [0, 0.1) is 12.3 Å². The Kier molecular flexibility index (Phi) is 10.0. The van der Waals surface area contributed by atoms with E-state index in [9.17, 15) is 4.79 Å². The molecule has 0 radical (unpaired) electrons. The number of nitrogens with zero attached hydrogens (tertiary/aromatic N) is 2. The molecule has 29 heavy (non-hydrogen) atoms. The van der Waals surface area contributed by atoms with Gasteiger partial charge in [-0.25, -0.2) is 4.99 Å². The molecule has 0 spiro atoms. The number of likely N-dealkylation sites (tertiary alicyclic amines) is 1. The third-order valence-corrected chi connectivity index (χ3v) is 4.61. The van der Waals surface area contributed by atoms with Crippen molar-refractivity contribution < 1.29 is 14.3 Å². The van der Waals surface area contributed by atoms with Crippen LogP contribution in [0.2, 0.25) is 0 Å². The van der Waals surface area contributed by atoms with E-state index in [-0.39, 0.29) is 18.6 Å². The second-order valence-corrected chi connectivity index (χ2v) is 6.85. The summed E-state index contributed by atoms with van der Waals surface area (Å²) in [4.78, 5) is 19.0. The van der Waals surface area contributed by atoms with Crippen molar-refractivity contribution in [1.82, 2.24) is 10.2 Å². The van der Waals surface area contributed by atoms with Gasteiger partial charge in [-0.2, -0.15) is 0 Å². The first kappa shape index (κ1) is 22.7. The molecule has 1 aliphatic heterocycles. The van der Waals surface area contributed by atoms with Crippen LogP contribution in [0.5, 0.6) is 0 Å². The zero-order valence-corrected chi connectivity index (χ0v) is 17.4. The van der Waals surface area contributed by atoms with Crippen LogP contribution in [-0.2, 0) is 14.3 Å². The van der Waals surface area contributed by atoms with Gasteiger partial charge in [0.25, 0.3) is 0 Å². The number of methoxy groups -OCH3 is 1. The Bertz CT molecular complexity index is 706. The SMILES string of the molecule is C#Cc1cccc(NC(=O)CN=C(NCC)N2CCC(OCCCOC)CC2)c1. The van der Waals surface area contributed by atoms with E-state index in [1.54, 1.807) is 13.2 Å². The van der Waals surface area contributed by atoms with Crippen molar-refractivity contribution in [1.29, 1.82) is 0 Å². The molecule has 0 aliphatic carbocycles. The lowest BCUT2D eigenvalue weighted by Gasteiger charge is -2.34. The number of nitrogens with one attached hydrogen (secondary N) is 2. The van der Waals surface area contributed by atoms with Crippen molar-refractivity contribution in [2.45, 2.75) is 32.3 Å². The number of amides is 1. The van der Waals surface area contributed by atoms with Gasteiger partial charge in [0.2, 0.25) is 5.91 Å². The molecule has 1 saturated heterocycles. The summed E-state index contributed by atoms with van der Waals surface area (Å²) in [5.41, 5.74) is 1.41. The Morgan fingerprint density at radius 1 is 1.34 bits per heavy atom. The number of ether oxygens (including phenoxy) is 2. The van der Waals surface area contributed by atoms with Crippen molar-refractivity contribution in [3.8, 4) is 12.3 Å². The minimum absolute atomic E-state index is 0.0516. The van der Waals surface area contributed by atoms with E-state index in [4.69, 9.17) is 15.9 Å².